The lowest BCUT2D eigenvalue weighted by Crippen LogP contribution is -2.32. The number of carbonyl (C=O) groups excluding carboxylic acids is 1. The maximum absolute atomic E-state index is 12.3. The topological polar surface area (TPSA) is 44.1 Å². The molecule has 0 radical (unpaired) electrons. The van der Waals surface area contributed by atoms with Crippen molar-refractivity contribution in [2.75, 3.05) is 11.4 Å². The van der Waals surface area contributed by atoms with Gasteiger partial charge in [0, 0.05) is 12.2 Å². The zero-order valence-electron chi connectivity index (χ0n) is 10.2. The number of hydrogen-bond acceptors (Lipinski definition) is 2. The number of para-hydroxylation sites is 1. The summed E-state index contributed by atoms with van der Waals surface area (Å²) in [4.78, 5) is 14.1. The van der Waals surface area contributed by atoms with E-state index in [4.69, 9.17) is 5.26 Å². The Kier molecular flexibility index (Phi) is 3.14. The molecule has 1 unspecified atom stereocenters. The molecule has 0 N–H and O–H groups in total. The molecule has 17 heavy (non-hydrogen) atoms. The molecule has 88 valence electrons. The SMILES string of the molecule is CC(C)CN1C(=O)C(CC#N)c2ccccc21. The first-order chi connectivity index (χ1) is 8.15. The van der Waals surface area contributed by atoms with E-state index in [1.165, 1.54) is 0 Å². The minimum atomic E-state index is -0.269. The van der Waals surface area contributed by atoms with Gasteiger partial charge in [-0.05, 0) is 17.5 Å². The summed E-state index contributed by atoms with van der Waals surface area (Å²) >= 11 is 0. The van der Waals surface area contributed by atoms with Crippen molar-refractivity contribution >= 4 is 11.6 Å². The van der Waals surface area contributed by atoms with Gasteiger partial charge < -0.3 is 4.90 Å². The molecule has 0 bridgehead atoms. The first-order valence-electron chi connectivity index (χ1n) is 5.92. The Morgan fingerprint density at radius 2 is 2.12 bits per heavy atom. The quantitative estimate of drug-likeness (QED) is 0.798. The average Bonchev–Trinajstić information content (AvgIpc) is 2.55. The highest BCUT2D eigenvalue weighted by Gasteiger charge is 2.36. The Morgan fingerprint density at radius 1 is 1.41 bits per heavy atom. The van der Waals surface area contributed by atoms with Gasteiger partial charge in [-0.15, -0.1) is 0 Å². The van der Waals surface area contributed by atoms with Gasteiger partial charge in [0.15, 0.2) is 0 Å². The van der Waals surface area contributed by atoms with E-state index in [9.17, 15) is 4.79 Å². The number of anilines is 1. The summed E-state index contributed by atoms with van der Waals surface area (Å²) in [6.45, 7) is 4.90. The number of nitriles is 1. The van der Waals surface area contributed by atoms with Gasteiger partial charge in [0.2, 0.25) is 5.91 Å². The van der Waals surface area contributed by atoms with Gasteiger partial charge in [0.05, 0.1) is 18.4 Å². The van der Waals surface area contributed by atoms with Crippen LogP contribution in [0.15, 0.2) is 24.3 Å². The summed E-state index contributed by atoms with van der Waals surface area (Å²) in [5.41, 5.74) is 1.98. The van der Waals surface area contributed by atoms with E-state index in [0.717, 1.165) is 17.8 Å². The van der Waals surface area contributed by atoms with Gasteiger partial charge in [-0.25, -0.2) is 0 Å². The molecule has 0 saturated carbocycles. The Hall–Kier alpha value is -1.82. The fourth-order valence-corrected chi connectivity index (χ4v) is 2.31. The number of hydrogen-bond donors (Lipinski definition) is 0. The lowest BCUT2D eigenvalue weighted by atomic mass is 9.98. The fourth-order valence-electron chi connectivity index (χ4n) is 2.31. The van der Waals surface area contributed by atoms with Gasteiger partial charge in [-0.3, -0.25) is 4.79 Å². The number of fused-ring (bicyclic) bond motifs is 1. The van der Waals surface area contributed by atoms with Crippen LogP contribution in [-0.2, 0) is 4.79 Å². The van der Waals surface area contributed by atoms with Crippen molar-refractivity contribution in [3.05, 3.63) is 29.8 Å². The van der Waals surface area contributed by atoms with Gasteiger partial charge in [-0.1, -0.05) is 32.0 Å². The third-order valence-corrected chi connectivity index (χ3v) is 3.01. The van der Waals surface area contributed by atoms with Crippen molar-refractivity contribution in [2.45, 2.75) is 26.2 Å². The molecule has 1 aromatic carbocycles. The molecule has 0 spiro atoms. The maximum atomic E-state index is 12.3. The molecule has 0 fully saturated rings. The molecule has 1 atom stereocenters. The van der Waals surface area contributed by atoms with Crippen molar-refractivity contribution in [1.29, 1.82) is 5.26 Å². The summed E-state index contributed by atoms with van der Waals surface area (Å²) in [7, 11) is 0. The van der Waals surface area contributed by atoms with Crippen LogP contribution in [0, 0.1) is 17.2 Å². The third-order valence-electron chi connectivity index (χ3n) is 3.01. The van der Waals surface area contributed by atoms with Gasteiger partial charge in [-0.2, -0.15) is 5.26 Å². The van der Waals surface area contributed by atoms with Crippen molar-refractivity contribution in [3.8, 4) is 6.07 Å². The van der Waals surface area contributed by atoms with Crippen LogP contribution in [0.5, 0.6) is 0 Å². The van der Waals surface area contributed by atoms with Crippen LogP contribution in [-0.4, -0.2) is 12.5 Å². The summed E-state index contributed by atoms with van der Waals surface area (Å²) < 4.78 is 0. The molecule has 0 aromatic heterocycles. The highest BCUT2D eigenvalue weighted by atomic mass is 16.2. The van der Waals surface area contributed by atoms with Crippen LogP contribution >= 0.6 is 0 Å². The molecule has 1 aliphatic heterocycles. The van der Waals surface area contributed by atoms with Crippen molar-refractivity contribution < 1.29 is 4.79 Å². The largest absolute Gasteiger partial charge is 0.311 e. The smallest absolute Gasteiger partial charge is 0.235 e. The van der Waals surface area contributed by atoms with Crippen LogP contribution < -0.4 is 4.90 Å². The average molecular weight is 228 g/mol. The standard InChI is InChI=1S/C14H16N2O/c1-10(2)9-16-13-6-4-3-5-11(13)12(7-8-15)14(16)17/h3-6,10,12H,7,9H2,1-2H3. The molecule has 3 heteroatoms. The highest BCUT2D eigenvalue weighted by Crippen LogP contribution is 2.39. The number of nitrogens with zero attached hydrogens (tertiary/aromatic N) is 2. The summed E-state index contributed by atoms with van der Waals surface area (Å²) in [6.07, 6.45) is 0.268. The second-order valence-corrected chi connectivity index (χ2v) is 4.82. The number of carbonyl (C=O) groups is 1. The lowest BCUT2D eigenvalue weighted by Gasteiger charge is -2.19. The predicted octanol–water partition coefficient (Wildman–Crippen LogP) is 2.69. The van der Waals surface area contributed by atoms with Gasteiger partial charge >= 0.3 is 0 Å². The zero-order chi connectivity index (χ0) is 12.4. The van der Waals surface area contributed by atoms with Crippen LogP contribution in [0.4, 0.5) is 5.69 Å². The van der Waals surface area contributed by atoms with E-state index in [0.29, 0.717) is 5.92 Å². The van der Waals surface area contributed by atoms with Crippen LogP contribution in [0.1, 0.15) is 31.7 Å². The van der Waals surface area contributed by atoms with Crippen LogP contribution in [0.25, 0.3) is 0 Å². The van der Waals surface area contributed by atoms with Crippen LogP contribution in [0.3, 0.4) is 0 Å². The third kappa shape index (κ3) is 2.03. The molecule has 1 aliphatic rings. The first-order valence-corrected chi connectivity index (χ1v) is 5.92. The molecular formula is C14H16N2O. The molecule has 0 aliphatic carbocycles. The zero-order valence-corrected chi connectivity index (χ0v) is 10.2. The predicted molar refractivity (Wildman–Crippen MR) is 66.6 cm³/mol. The minimum absolute atomic E-state index is 0.0708. The van der Waals surface area contributed by atoms with E-state index < -0.39 is 0 Å². The second kappa shape index (κ2) is 4.58. The monoisotopic (exact) mass is 228 g/mol. The summed E-state index contributed by atoms with van der Waals surface area (Å²) in [5, 5.41) is 8.82. The Labute approximate surface area is 102 Å². The molecule has 1 heterocycles. The molecule has 0 saturated heterocycles. The molecule has 2 rings (SSSR count). The Morgan fingerprint density at radius 3 is 2.76 bits per heavy atom. The van der Waals surface area contributed by atoms with Crippen molar-refractivity contribution in [2.24, 2.45) is 5.92 Å². The van der Waals surface area contributed by atoms with Gasteiger partial charge in [0.25, 0.3) is 0 Å². The van der Waals surface area contributed by atoms with E-state index in [1.54, 1.807) is 0 Å². The molecular weight excluding hydrogens is 212 g/mol. The van der Waals surface area contributed by atoms with Crippen molar-refractivity contribution in [3.63, 3.8) is 0 Å². The second-order valence-electron chi connectivity index (χ2n) is 4.82. The first kappa shape index (κ1) is 11.7. The number of benzene rings is 1. The summed E-state index contributed by atoms with van der Waals surface area (Å²) in [5.74, 6) is 0.226. The van der Waals surface area contributed by atoms with Crippen molar-refractivity contribution in [1.82, 2.24) is 0 Å². The number of amides is 1. The van der Waals surface area contributed by atoms with E-state index in [2.05, 4.69) is 19.9 Å². The Bertz CT molecular complexity index is 473. The maximum Gasteiger partial charge on any atom is 0.235 e. The van der Waals surface area contributed by atoms with Gasteiger partial charge in [0.1, 0.15) is 0 Å². The summed E-state index contributed by atoms with van der Waals surface area (Å²) in [6, 6.07) is 9.89. The van der Waals surface area contributed by atoms with Crippen LogP contribution in [0.2, 0.25) is 0 Å². The number of rotatable bonds is 3. The van der Waals surface area contributed by atoms with E-state index >= 15 is 0 Å². The lowest BCUT2D eigenvalue weighted by molar-refractivity contribution is -0.119. The molecule has 1 amide bonds. The minimum Gasteiger partial charge on any atom is -0.311 e. The normalized spacial score (nSPS) is 18.4. The molecule has 1 aromatic rings. The molecule has 3 nitrogen and oxygen atoms in total. The highest BCUT2D eigenvalue weighted by molar-refractivity contribution is 6.05. The Balaban J connectivity index is 2.38. The fraction of sp³-hybridized carbons (Fsp3) is 0.429. The van der Waals surface area contributed by atoms with E-state index in [1.807, 2.05) is 29.2 Å². The van der Waals surface area contributed by atoms with E-state index in [-0.39, 0.29) is 18.2 Å².